The molecule has 1 aromatic carbocycles. The highest BCUT2D eigenvalue weighted by Gasteiger charge is 2.38. The molecule has 0 aliphatic carbocycles. The molecule has 0 saturated heterocycles. The molecule has 1 aliphatic heterocycles. The first kappa shape index (κ1) is 18.5. The van der Waals surface area contributed by atoms with Crippen LogP contribution in [0.1, 0.15) is 37.9 Å². The zero-order chi connectivity index (χ0) is 17.7. The predicted molar refractivity (Wildman–Crippen MR) is 92.8 cm³/mol. The Bertz CT molecular complexity index is 579. The SMILES string of the molecule is C=C[C@@H]1Cc2ccccc2[C@H](COCOC)N1C(=O)OC(C)(C)C. The second-order valence-electron chi connectivity index (χ2n) is 6.89. The lowest BCUT2D eigenvalue weighted by molar-refractivity contribution is -0.0609. The van der Waals surface area contributed by atoms with Crippen molar-refractivity contribution in [1.29, 1.82) is 0 Å². The lowest BCUT2D eigenvalue weighted by atomic mass is 9.88. The summed E-state index contributed by atoms with van der Waals surface area (Å²) in [6.45, 7) is 10.0. The summed E-state index contributed by atoms with van der Waals surface area (Å²) in [4.78, 5) is 14.5. The van der Waals surface area contributed by atoms with Crippen molar-refractivity contribution < 1.29 is 19.0 Å². The van der Waals surface area contributed by atoms with Gasteiger partial charge in [-0.15, -0.1) is 6.58 Å². The topological polar surface area (TPSA) is 48.0 Å². The van der Waals surface area contributed by atoms with Crippen molar-refractivity contribution in [1.82, 2.24) is 4.90 Å². The van der Waals surface area contributed by atoms with Crippen LogP contribution < -0.4 is 0 Å². The van der Waals surface area contributed by atoms with Gasteiger partial charge in [0.05, 0.1) is 18.7 Å². The zero-order valence-electron chi connectivity index (χ0n) is 15.0. The maximum absolute atomic E-state index is 12.8. The third-order valence-electron chi connectivity index (χ3n) is 3.89. The number of hydrogen-bond acceptors (Lipinski definition) is 4. The maximum atomic E-state index is 12.8. The summed E-state index contributed by atoms with van der Waals surface area (Å²) >= 11 is 0. The average Bonchev–Trinajstić information content (AvgIpc) is 2.52. The van der Waals surface area contributed by atoms with Gasteiger partial charge >= 0.3 is 6.09 Å². The summed E-state index contributed by atoms with van der Waals surface area (Å²) in [5.41, 5.74) is 1.73. The van der Waals surface area contributed by atoms with Gasteiger partial charge in [-0.3, -0.25) is 4.90 Å². The molecule has 0 spiro atoms. The van der Waals surface area contributed by atoms with Crippen molar-refractivity contribution in [2.75, 3.05) is 20.5 Å². The van der Waals surface area contributed by atoms with Crippen LogP contribution in [-0.2, 0) is 20.6 Å². The van der Waals surface area contributed by atoms with Gasteiger partial charge in [-0.25, -0.2) is 4.79 Å². The van der Waals surface area contributed by atoms with Gasteiger partial charge in [-0.2, -0.15) is 0 Å². The van der Waals surface area contributed by atoms with Gasteiger partial charge in [-0.05, 0) is 38.3 Å². The second kappa shape index (κ2) is 7.81. The Labute approximate surface area is 144 Å². The minimum atomic E-state index is -0.558. The number of benzene rings is 1. The molecule has 1 heterocycles. The molecule has 0 N–H and O–H groups in total. The van der Waals surface area contributed by atoms with Crippen LogP contribution in [0, 0.1) is 0 Å². The van der Waals surface area contributed by atoms with Crippen molar-refractivity contribution in [3.63, 3.8) is 0 Å². The van der Waals surface area contributed by atoms with E-state index < -0.39 is 5.60 Å². The molecule has 5 nitrogen and oxygen atoms in total. The highest BCUT2D eigenvalue weighted by Crippen LogP contribution is 2.35. The van der Waals surface area contributed by atoms with E-state index in [4.69, 9.17) is 14.2 Å². The van der Waals surface area contributed by atoms with E-state index in [0.717, 1.165) is 12.0 Å². The number of carbonyl (C=O) groups excluding carboxylic acids is 1. The molecule has 2 rings (SSSR count). The number of amides is 1. The summed E-state index contributed by atoms with van der Waals surface area (Å²) in [5.74, 6) is 0. The van der Waals surface area contributed by atoms with Crippen LogP contribution in [0.5, 0.6) is 0 Å². The highest BCUT2D eigenvalue weighted by atomic mass is 16.7. The number of fused-ring (bicyclic) bond motifs is 1. The molecule has 0 radical (unpaired) electrons. The fourth-order valence-corrected chi connectivity index (χ4v) is 2.94. The zero-order valence-corrected chi connectivity index (χ0v) is 15.0. The Morgan fingerprint density at radius 2 is 2.08 bits per heavy atom. The largest absolute Gasteiger partial charge is 0.444 e. The molecule has 132 valence electrons. The summed E-state index contributed by atoms with van der Waals surface area (Å²) < 4.78 is 16.2. The van der Waals surface area contributed by atoms with Crippen molar-refractivity contribution in [3.05, 3.63) is 48.0 Å². The lowest BCUT2D eigenvalue weighted by Gasteiger charge is -2.42. The molecule has 1 aliphatic rings. The molecule has 1 amide bonds. The van der Waals surface area contributed by atoms with Gasteiger partial charge in [0.1, 0.15) is 12.4 Å². The number of methoxy groups -OCH3 is 1. The van der Waals surface area contributed by atoms with Gasteiger partial charge < -0.3 is 14.2 Å². The molecule has 0 aromatic heterocycles. The van der Waals surface area contributed by atoms with Crippen LogP contribution in [0.25, 0.3) is 0 Å². The molecule has 0 unspecified atom stereocenters. The first-order valence-corrected chi connectivity index (χ1v) is 8.15. The lowest BCUT2D eigenvalue weighted by Crippen LogP contribution is -2.49. The number of nitrogens with zero attached hydrogens (tertiary/aromatic N) is 1. The molecule has 2 atom stereocenters. The van der Waals surface area contributed by atoms with Crippen molar-refractivity contribution >= 4 is 6.09 Å². The third kappa shape index (κ3) is 4.36. The van der Waals surface area contributed by atoms with E-state index in [1.54, 1.807) is 18.1 Å². The molecule has 24 heavy (non-hydrogen) atoms. The molecule has 0 bridgehead atoms. The van der Waals surface area contributed by atoms with E-state index in [2.05, 4.69) is 12.6 Å². The standard InChI is InChI=1S/C19H27NO4/c1-6-15-11-14-9-7-8-10-16(14)17(12-23-13-22-5)20(15)18(21)24-19(2,3)4/h6-10,15,17H,1,11-13H2,2-5H3/t15-,17+/m1/s1. The van der Waals surface area contributed by atoms with E-state index in [0.29, 0.717) is 6.61 Å². The summed E-state index contributed by atoms with van der Waals surface area (Å²) in [5, 5.41) is 0. The van der Waals surface area contributed by atoms with Crippen molar-refractivity contribution in [3.8, 4) is 0 Å². The number of ether oxygens (including phenoxy) is 3. The van der Waals surface area contributed by atoms with Crippen LogP contribution in [0.15, 0.2) is 36.9 Å². The van der Waals surface area contributed by atoms with E-state index in [9.17, 15) is 4.79 Å². The predicted octanol–water partition coefficient (Wildman–Crippen LogP) is 3.70. The summed E-state index contributed by atoms with van der Waals surface area (Å²) in [6.07, 6.45) is 2.16. The van der Waals surface area contributed by atoms with Gasteiger partial charge in [0.25, 0.3) is 0 Å². The van der Waals surface area contributed by atoms with Crippen LogP contribution in [0.3, 0.4) is 0 Å². The summed E-state index contributed by atoms with van der Waals surface area (Å²) in [7, 11) is 1.58. The fraction of sp³-hybridized carbons (Fsp3) is 0.526. The van der Waals surface area contributed by atoms with E-state index >= 15 is 0 Å². The smallest absolute Gasteiger partial charge is 0.411 e. The Morgan fingerprint density at radius 3 is 2.71 bits per heavy atom. The Morgan fingerprint density at radius 1 is 1.38 bits per heavy atom. The van der Waals surface area contributed by atoms with Gasteiger partial charge in [0.15, 0.2) is 0 Å². The average molecular weight is 333 g/mol. The monoisotopic (exact) mass is 333 g/mol. The van der Waals surface area contributed by atoms with Crippen molar-refractivity contribution in [2.45, 2.75) is 44.9 Å². The Balaban J connectivity index is 2.35. The molecule has 0 saturated carbocycles. The normalized spacial score (nSPS) is 20.4. The van der Waals surface area contributed by atoms with E-state index in [1.165, 1.54) is 5.56 Å². The molecular weight excluding hydrogens is 306 g/mol. The minimum Gasteiger partial charge on any atom is -0.444 e. The Kier molecular flexibility index (Phi) is 6.02. The van der Waals surface area contributed by atoms with Crippen LogP contribution in [-0.4, -0.2) is 43.1 Å². The molecule has 0 fully saturated rings. The molecule has 5 heteroatoms. The highest BCUT2D eigenvalue weighted by molar-refractivity contribution is 5.70. The van der Waals surface area contributed by atoms with E-state index in [-0.39, 0.29) is 25.0 Å². The maximum Gasteiger partial charge on any atom is 0.411 e. The van der Waals surface area contributed by atoms with Gasteiger partial charge in [0, 0.05) is 7.11 Å². The van der Waals surface area contributed by atoms with Gasteiger partial charge in [0.2, 0.25) is 0 Å². The number of hydrogen-bond donors (Lipinski definition) is 0. The number of carbonyl (C=O) groups is 1. The minimum absolute atomic E-state index is 0.133. The quantitative estimate of drug-likeness (QED) is 0.468. The van der Waals surface area contributed by atoms with E-state index in [1.807, 2.05) is 39.0 Å². The first-order chi connectivity index (χ1) is 11.4. The Hall–Kier alpha value is -1.85. The van der Waals surface area contributed by atoms with Crippen molar-refractivity contribution in [2.24, 2.45) is 0 Å². The first-order valence-electron chi connectivity index (χ1n) is 8.15. The molecule has 1 aromatic rings. The third-order valence-corrected chi connectivity index (χ3v) is 3.89. The summed E-state index contributed by atoms with van der Waals surface area (Å²) in [6, 6.07) is 7.74. The fourth-order valence-electron chi connectivity index (χ4n) is 2.94. The van der Waals surface area contributed by atoms with Crippen LogP contribution >= 0.6 is 0 Å². The number of rotatable bonds is 5. The van der Waals surface area contributed by atoms with Crippen LogP contribution in [0.2, 0.25) is 0 Å². The van der Waals surface area contributed by atoms with Crippen LogP contribution in [0.4, 0.5) is 4.79 Å². The second-order valence-corrected chi connectivity index (χ2v) is 6.89. The molecular formula is C19H27NO4. The van der Waals surface area contributed by atoms with Gasteiger partial charge in [-0.1, -0.05) is 30.3 Å².